The van der Waals surface area contributed by atoms with Crippen LogP contribution in [0.3, 0.4) is 0 Å². The Morgan fingerprint density at radius 3 is 2.16 bits per heavy atom. The van der Waals surface area contributed by atoms with Crippen LogP contribution in [0.25, 0.3) is 0 Å². The zero-order valence-electron chi connectivity index (χ0n) is 10.3. The first-order valence-electron chi connectivity index (χ1n) is 5.19. The number of hydrogen-bond acceptors (Lipinski definition) is 4. The highest BCUT2D eigenvalue weighted by Gasteiger charge is 2.36. The highest BCUT2D eigenvalue weighted by Crippen LogP contribution is 2.60. The summed E-state index contributed by atoms with van der Waals surface area (Å²) in [5, 5.41) is 0. The standard InChI is InChI=1S/C11H13F3NO3P/c1-17-19(16,18-2)10(15-8-11(12,13)14)9-6-4-3-5-7-9/h3-8,10H,1-2H3/b15-8+. The molecule has 1 unspecified atom stereocenters. The van der Waals surface area contributed by atoms with Crippen molar-refractivity contribution in [3.8, 4) is 0 Å². The van der Waals surface area contributed by atoms with Crippen LogP contribution in [0.4, 0.5) is 13.2 Å². The van der Waals surface area contributed by atoms with Gasteiger partial charge in [-0.2, -0.15) is 13.2 Å². The van der Waals surface area contributed by atoms with Crippen molar-refractivity contribution in [2.75, 3.05) is 14.2 Å². The summed E-state index contributed by atoms with van der Waals surface area (Å²) in [4.78, 5) is 3.32. The van der Waals surface area contributed by atoms with Gasteiger partial charge in [0.25, 0.3) is 0 Å². The fraction of sp³-hybridized carbons (Fsp3) is 0.364. The smallest absolute Gasteiger partial charge is 0.310 e. The van der Waals surface area contributed by atoms with Crippen LogP contribution in [0.15, 0.2) is 35.3 Å². The molecule has 0 saturated heterocycles. The van der Waals surface area contributed by atoms with E-state index < -0.39 is 19.6 Å². The van der Waals surface area contributed by atoms with E-state index in [-0.39, 0.29) is 6.21 Å². The van der Waals surface area contributed by atoms with Crippen molar-refractivity contribution in [3.05, 3.63) is 35.9 Å². The van der Waals surface area contributed by atoms with Gasteiger partial charge in [0, 0.05) is 14.2 Å². The van der Waals surface area contributed by atoms with Crippen molar-refractivity contribution in [3.63, 3.8) is 0 Å². The molecule has 4 nitrogen and oxygen atoms in total. The Kier molecular flexibility index (Phi) is 5.29. The third kappa shape index (κ3) is 4.45. The lowest BCUT2D eigenvalue weighted by atomic mass is 10.2. The predicted molar refractivity (Wildman–Crippen MR) is 65.4 cm³/mol. The monoisotopic (exact) mass is 295 g/mol. The summed E-state index contributed by atoms with van der Waals surface area (Å²) in [5.41, 5.74) is 0.315. The van der Waals surface area contributed by atoms with Gasteiger partial charge < -0.3 is 9.05 Å². The topological polar surface area (TPSA) is 47.9 Å². The van der Waals surface area contributed by atoms with Gasteiger partial charge in [-0.25, -0.2) is 0 Å². The summed E-state index contributed by atoms with van der Waals surface area (Å²) in [6, 6.07) is 7.88. The molecule has 1 aromatic carbocycles. The summed E-state index contributed by atoms with van der Waals surface area (Å²) in [6.45, 7) is 0. The Morgan fingerprint density at radius 1 is 1.21 bits per heavy atom. The fourth-order valence-electron chi connectivity index (χ4n) is 1.40. The normalized spacial score (nSPS) is 14.8. The molecule has 0 saturated carbocycles. The maximum Gasteiger partial charge on any atom is 0.426 e. The zero-order valence-corrected chi connectivity index (χ0v) is 11.2. The average Bonchev–Trinajstić information content (AvgIpc) is 2.38. The Hall–Kier alpha value is -1.17. The third-order valence-electron chi connectivity index (χ3n) is 2.27. The van der Waals surface area contributed by atoms with Crippen molar-refractivity contribution in [1.82, 2.24) is 0 Å². The molecule has 106 valence electrons. The molecule has 0 aliphatic carbocycles. The number of nitrogens with zero attached hydrogens (tertiary/aromatic N) is 1. The lowest BCUT2D eigenvalue weighted by molar-refractivity contribution is -0.0538. The van der Waals surface area contributed by atoms with E-state index in [0.717, 1.165) is 14.2 Å². The van der Waals surface area contributed by atoms with E-state index in [0.29, 0.717) is 5.56 Å². The maximum atomic E-state index is 12.2. The molecule has 0 heterocycles. The summed E-state index contributed by atoms with van der Waals surface area (Å²) in [6.07, 6.45) is -4.81. The molecular formula is C11H13F3NO3P. The Labute approximate surface area is 108 Å². The molecule has 8 heteroatoms. The molecule has 0 aliphatic rings. The van der Waals surface area contributed by atoms with Crippen LogP contribution in [-0.4, -0.2) is 26.6 Å². The SMILES string of the molecule is COP(=O)(OC)C(/N=C/C(F)(F)F)c1ccccc1. The second-order valence-electron chi connectivity index (χ2n) is 3.51. The summed E-state index contributed by atoms with van der Waals surface area (Å²) in [7, 11) is -1.60. The van der Waals surface area contributed by atoms with Gasteiger partial charge in [0.15, 0.2) is 5.78 Å². The minimum Gasteiger partial charge on any atom is -0.310 e. The van der Waals surface area contributed by atoms with Crippen LogP contribution in [0, 0.1) is 0 Å². The largest absolute Gasteiger partial charge is 0.426 e. The van der Waals surface area contributed by atoms with E-state index in [1.54, 1.807) is 18.2 Å². The van der Waals surface area contributed by atoms with E-state index in [1.165, 1.54) is 12.1 Å². The van der Waals surface area contributed by atoms with E-state index in [1.807, 2.05) is 0 Å². The van der Waals surface area contributed by atoms with Crippen molar-refractivity contribution in [1.29, 1.82) is 0 Å². The van der Waals surface area contributed by atoms with Crippen molar-refractivity contribution < 1.29 is 26.8 Å². The first-order chi connectivity index (χ1) is 8.82. The Bertz CT molecular complexity index is 468. The molecule has 0 aliphatic heterocycles. The molecule has 0 bridgehead atoms. The first kappa shape index (κ1) is 15.9. The van der Waals surface area contributed by atoms with Gasteiger partial charge in [0.2, 0.25) is 0 Å². The second-order valence-corrected chi connectivity index (χ2v) is 5.81. The van der Waals surface area contributed by atoms with Gasteiger partial charge in [-0.05, 0) is 5.56 Å². The van der Waals surface area contributed by atoms with Crippen LogP contribution in [-0.2, 0) is 13.6 Å². The van der Waals surface area contributed by atoms with Crippen LogP contribution in [0.1, 0.15) is 11.3 Å². The molecule has 1 rings (SSSR count). The lowest BCUT2D eigenvalue weighted by Gasteiger charge is -2.21. The lowest BCUT2D eigenvalue weighted by Crippen LogP contribution is -2.11. The highest BCUT2D eigenvalue weighted by atomic mass is 31.2. The number of alkyl halides is 3. The number of aliphatic imine (C=N–C) groups is 1. The third-order valence-corrected chi connectivity index (χ3v) is 4.32. The van der Waals surface area contributed by atoms with Crippen LogP contribution >= 0.6 is 7.60 Å². The number of halogens is 3. The number of rotatable bonds is 5. The number of hydrogen-bond donors (Lipinski definition) is 0. The molecule has 0 spiro atoms. The van der Waals surface area contributed by atoms with Gasteiger partial charge in [-0.15, -0.1) is 0 Å². The predicted octanol–water partition coefficient (Wildman–Crippen LogP) is 3.80. The fourth-order valence-corrected chi connectivity index (χ4v) is 2.72. The summed E-state index contributed by atoms with van der Waals surface area (Å²) < 4.78 is 58.3. The quantitative estimate of drug-likeness (QED) is 0.613. The molecule has 0 N–H and O–H groups in total. The van der Waals surface area contributed by atoms with E-state index >= 15 is 0 Å². The summed E-state index contributed by atoms with van der Waals surface area (Å²) in [5.74, 6) is -1.36. The van der Waals surface area contributed by atoms with Crippen molar-refractivity contribution in [2.24, 2.45) is 4.99 Å². The van der Waals surface area contributed by atoms with Gasteiger partial charge in [-0.1, -0.05) is 30.3 Å². The maximum absolute atomic E-state index is 12.2. The van der Waals surface area contributed by atoms with Crippen LogP contribution in [0.2, 0.25) is 0 Å². The van der Waals surface area contributed by atoms with Gasteiger partial charge in [-0.3, -0.25) is 9.56 Å². The minimum absolute atomic E-state index is 0.213. The highest BCUT2D eigenvalue weighted by molar-refractivity contribution is 7.54. The second kappa shape index (κ2) is 6.32. The number of benzene rings is 1. The molecule has 0 aromatic heterocycles. The van der Waals surface area contributed by atoms with Gasteiger partial charge in [0.1, 0.15) is 6.21 Å². The van der Waals surface area contributed by atoms with Gasteiger partial charge in [0.05, 0.1) is 0 Å². The first-order valence-corrected chi connectivity index (χ1v) is 6.81. The molecule has 0 amide bonds. The van der Waals surface area contributed by atoms with Crippen LogP contribution in [0.5, 0.6) is 0 Å². The Balaban J connectivity index is 3.20. The molecule has 1 atom stereocenters. The molecule has 0 radical (unpaired) electrons. The molecule has 1 aromatic rings. The van der Waals surface area contributed by atoms with E-state index in [4.69, 9.17) is 9.05 Å². The van der Waals surface area contributed by atoms with E-state index in [9.17, 15) is 17.7 Å². The van der Waals surface area contributed by atoms with E-state index in [2.05, 4.69) is 4.99 Å². The van der Waals surface area contributed by atoms with Crippen molar-refractivity contribution >= 4 is 13.8 Å². The minimum atomic E-state index is -4.60. The van der Waals surface area contributed by atoms with Crippen LogP contribution < -0.4 is 0 Å². The Morgan fingerprint density at radius 2 is 1.74 bits per heavy atom. The van der Waals surface area contributed by atoms with Gasteiger partial charge >= 0.3 is 13.8 Å². The molecule has 0 fully saturated rings. The van der Waals surface area contributed by atoms with Crippen molar-refractivity contribution in [2.45, 2.75) is 12.0 Å². The molecular weight excluding hydrogens is 282 g/mol. The zero-order chi connectivity index (χ0) is 14.5. The molecule has 19 heavy (non-hydrogen) atoms. The summed E-state index contributed by atoms with van der Waals surface area (Å²) >= 11 is 0. The average molecular weight is 295 g/mol.